The molecule has 0 unspecified atom stereocenters. The number of carbonyl (C=O) groups excluding carboxylic acids is 1. The molecule has 21 heavy (non-hydrogen) atoms. The maximum atomic E-state index is 12.2. The highest BCUT2D eigenvalue weighted by Crippen LogP contribution is 2.04. The van der Waals surface area contributed by atoms with Gasteiger partial charge in [-0.2, -0.15) is 0 Å². The van der Waals surface area contributed by atoms with Crippen molar-refractivity contribution in [1.82, 2.24) is 4.90 Å². The molecule has 0 N–H and O–H groups in total. The van der Waals surface area contributed by atoms with Crippen molar-refractivity contribution in [2.45, 2.75) is 52.9 Å². The van der Waals surface area contributed by atoms with E-state index in [0.29, 0.717) is 0 Å². The normalized spacial score (nSPS) is 9.86. The molecule has 0 aromatic heterocycles. The SMILES string of the molecule is CCCCN(CCCC)C(=O)C#Cc1ccc(CC)cc1. The Morgan fingerprint density at radius 1 is 1.00 bits per heavy atom. The van der Waals surface area contributed by atoms with Crippen molar-refractivity contribution in [3.63, 3.8) is 0 Å². The third kappa shape index (κ3) is 6.49. The lowest BCUT2D eigenvalue weighted by atomic mass is 10.1. The van der Waals surface area contributed by atoms with Gasteiger partial charge in [-0.25, -0.2) is 0 Å². The van der Waals surface area contributed by atoms with E-state index < -0.39 is 0 Å². The summed E-state index contributed by atoms with van der Waals surface area (Å²) in [5.41, 5.74) is 2.20. The number of unbranched alkanes of at least 4 members (excludes halogenated alkanes) is 2. The molecule has 1 amide bonds. The predicted octanol–water partition coefficient (Wildman–Crippen LogP) is 4.03. The van der Waals surface area contributed by atoms with Crippen molar-refractivity contribution >= 4 is 5.91 Å². The van der Waals surface area contributed by atoms with Gasteiger partial charge in [0.15, 0.2) is 0 Å². The Morgan fingerprint density at radius 2 is 1.57 bits per heavy atom. The summed E-state index contributed by atoms with van der Waals surface area (Å²) in [5, 5.41) is 0. The van der Waals surface area contributed by atoms with Crippen molar-refractivity contribution in [2.75, 3.05) is 13.1 Å². The second kappa shape index (κ2) is 10.0. The van der Waals surface area contributed by atoms with Gasteiger partial charge in [0.05, 0.1) is 0 Å². The van der Waals surface area contributed by atoms with Crippen LogP contribution in [0.1, 0.15) is 57.6 Å². The van der Waals surface area contributed by atoms with Gasteiger partial charge in [0.25, 0.3) is 5.91 Å². The van der Waals surface area contributed by atoms with Gasteiger partial charge < -0.3 is 4.90 Å². The van der Waals surface area contributed by atoms with Crippen LogP contribution in [-0.2, 0) is 11.2 Å². The van der Waals surface area contributed by atoms with Crippen LogP contribution in [0.5, 0.6) is 0 Å². The molecule has 2 heteroatoms. The molecule has 0 saturated carbocycles. The van der Waals surface area contributed by atoms with E-state index in [1.165, 1.54) is 5.56 Å². The molecule has 0 aliphatic carbocycles. The van der Waals surface area contributed by atoms with E-state index in [0.717, 1.165) is 50.8 Å². The third-order valence-electron chi connectivity index (χ3n) is 3.53. The molecule has 0 saturated heterocycles. The highest BCUT2D eigenvalue weighted by molar-refractivity contribution is 5.94. The number of carbonyl (C=O) groups is 1. The highest BCUT2D eigenvalue weighted by Gasteiger charge is 2.09. The molecule has 114 valence electrons. The summed E-state index contributed by atoms with van der Waals surface area (Å²) >= 11 is 0. The zero-order valence-corrected chi connectivity index (χ0v) is 13.6. The number of nitrogens with zero attached hydrogens (tertiary/aromatic N) is 1. The molecule has 1 aromatic rings. The predicted molar refractivity (Wildman–Crippen MR) is 89.1 cm³/mol. The Balaban J connectivity index is 2.68. The van der Waals surface area contributed by atoms with E-state index in [9.17, 15) is 4.79 Å². The summed E-state index contributed by atoms with van der Waals surface area (Å²) in [6.07, 6.45) is 5.31. The molecule has 0 radical (unpaired) electrons. The first kappa shape index (κ1) is 17.3. The summed E-state index contributed by atoms with van der Waals surface area (Å²) in [6, 6.07) is 8.12. The van der Waals surface area contributed by atoms with E-state index in [-0.39, 0.29) is 5.91 Å². The summed E-state index contributed by atoms with van der Waals surface area (Å²) in [6.45, 7) is 8.05. The third-order valence-corrected chi connectivity index (χ3v) is 3.53. The van der Waals surface area contributed by atoms with Crippen LogP contribution in [0, 0.1) is 11.8 Å². The largest absolute Gasteiger partial charge is 0.332 e. The van der Waals surface area contributed by atoms with E-state index in [1.807, 2.05) is 17.0 Å². The van der Waals surface area contributed by atoms with Gasteiger partial charge in [-0.15, -0.1) is 0 Å². The summed E-state index contributed by atoms with van der Waals surface area (Å²) in [7, 11) is 0. The molecule has 1 rings (SSSR count). The summed E-state index contributed by atoms with van der Waals surface area (Å²) in [4.78, 5) is 14.1. The maximum absolute atomic E-state index is 12.2. The topological polar surface area (TPSA) is 20.3 Å². The molecule has 0 spiro atoms. The fourth-order valence-electron chi connectivity index (χ4n) is 2.04. The molecule has 1 aromatic carbocycles. The quantitative estimate of drug-likeness (QED) is 0.693. The molecule has 0 bridgehead atoms. The number of aryl methyl sites for hydroxylation is 1. The molecule has 0 atom stereocenters. The van der Waals surface area contributed by atoms with E-state index in [1.54, 1.807) is 0 Å². The Bertz CT molecular complexity index is 471. The second-order valence-electron chi connectivity index (χ2n) is 5.30. The van der Waals surface area contributed by atoms with Crippen LogP contribution in [0.4, 0.5) is 0 Å². The minimum absolute atomic E-state index is 0.0449. The number of hydrogen-bond donors (Lipinski definition) is 0. The lowest BCUT2D eigenvalue weighted by Crippen LogP contribution is -2.31. The number of hydrogen-bond acceptors (Lipinski definition) is 1. The van der Waals surface area contributed by atoms with Crippen LogP contribution >= 0.6 is 0 Å². The minimum atomic E-state index is -0.0449. The Hall–Kier alpha value is -1.75. The smallest absolute Gasteiger partial charge is 0.298 e. The van der Waals surface area contributed by atoms with Gasteiger partial charge in [0, 0.05) is 24.6 Å². The van der Waals surface area contributed by atoms with Gasteiger partial charge in [-0.3, -0.25) is 4.79 Å². The molecular formula is C19H27NO. The average Bonchev–Trinajstić information content (AvgIpc) is 2.53. The number of rotatable bonds is 7. The van der Waals surface area contributed by atoms with Crippen molar-refractivity contribution < 1.29 is 4.79 Å². The van der Waals surface area contributed by atoms with Crippen molar-refractivity contribution in [1.29, 1.82) is 0 Å². The van der Waals surface area contributed by atoms with E-state index in [4.69, 9.17) is 0 Å². The van der Waals surface area contributed by atoms with Gasteiger partial charge in [0.2, 0.25) is 0 Å². The standard InChI is InChI=1S/C19H27NO/c1-4-7-15-20(16-8-5-2)19(21)14-13-18-11-9-17(6-3)10-12-18/h9-12H,4-8,15-16H2,1-3H3. The van der Waals surface area contributed by atoms with Gasteiger partial charge >= 0.3 is 0 Å². The molecule has 0 heterocycles. The van der Waals surface area contributed by atoms with Gasteiger partial charge in [-0.05, 0) is 37.0 Å². The zero-order chi connectivity index (χ0) is 15.5. The molecule has 0 aliphatic heterocycles. The second-order valence-corrected chi connectivity index (χ2v) is 5.30. The Morgan fingerprint density at radius 3 is 2.05 bits per heavy atom. The molecule has 0 aliphatic rings. The minimum Gasteiger partial charge on any atom is -0.332 e. The fraction of sp³-hybridized carbons (Fsp3) is 0.526. The first-order valence-electron chi connectivity index (χ1n) is 8.11. The molecule has 2 nitrogen and oxygen atoms in total. The van der Waals surface area contributed by atoms with Crippen molar-refractivity contribution in [3.05, 3.63) is 35.4 Å². The average molecular weight is 285 g/mol. The lowest BCUT2D eigenvalue weighted by Gasteiger charge is -2.19. The van der Waals surface area contributed by atoms with Crippen LogP contribution in [0.2, 0.25) is 0 Å². The van der Waals surface area contributed by atoms with E-state index >= 15 is 0 Å². The van der Waals surface area contributed by atoms with Crippen LogP contribution in [-0.4, -0.2) is 23.9 Å². The maximum Gasteiger partial charge on any atom is 0.298 e. The summed E-state index contributed by atoms with van der Waals surface area (Å²) in [5.74, 6) is 5.73. The summed E-state index contributed by atoms with van der Waals surface area (Å²) < 4.78 is 0. The first-order valence-corrected chi connectivity index (χ1v) is 8.11. The van der Waals surface area contributed by atoms with Crippen molar-refractivity contribution in [3.8, 4) is 11.8 Å². The van der Waals surface area contributed by atoms with E-state index in [2.05, 4.69) is 44.7 Å². The monoisotopic (exact) mass is 285 g/mol. The molecule has 0 fully saturated rings. The van der Waals surface area contributed by atoms with Gasteiger partial charge in [-0.1, -0.05) is 51.7 Å². The Kier molecular flexibility index (Phi) is 8.28. The molecular weight excluding hydrogens is 258 g/mol. The highest BCUT2D eigenvalue weighted by atomic mass is 16.2. The van der Waals surface area contributed by atoms with Gasteiger partial charge in [0.1, 0.15) is 0 Å². The first-order chi connectivity index (χ1) is 10.2. The van der Waals surface area contributed by atoms with Crippen molar-refractivity contribution in [2.24, 2.45) is 0 Å². The fourth-order valence-corrected chi connectivity index (χ4v) is 2.04. The van der Waals surface area contributed by atoms with Crippen LogP contribution in [0.3, 0.4) is 0 Å². The number of benzene rings is 1. The zero-order valence-electron chi connectivity index (χ0n) is 13.6. The number of amides is 1. The Labute approximate surface area is 129 Å². The van der Waals surface area contributed by atoms with Crippen LogP contribution < -0.4 is 0 Å². The lowest BCUT2D eigenvalue weighted by molar-refractivity contribution is -0.125. The van der Waals surface area contributed by atoms with Crippen LogP contribution in [0.25, 0.3) is 0 Å². The van der Waals surface area contributed by atoms with Crippen LogP contribution in [0.15, 0.2) is 24.3 Å².